The van der Waals surface area contributed by atoms with Gasteiger partial charge in [-0.1, -0.05) is 0 Å². The Balaban J connectivity index is 1.93. The first kappa shape index (κ1) is 20.5. The van der Waals surface area contributed by atoms with Crippen LogP contribution in [0.3, 0.4) is 0 Å². The molecule has 0 amide bonds. The second kappa shape index (κ2) is 8.87. The van der Waals surface area contributed by atoms with Crippen molar-refractivity contribution in [2.45, 2.75) is 60.8 Å². The summed E-state index contributed by atoms with van der Waals surface area (Å²) in [4.78, 5) is 10.3. The molecule has 2 aromatic rings. The van der Waals surface area contributed by atoms with Crippen LogP contribution < -0.4 is 12.4 Å². The summed E-state index contributed by atoms with van der Waals surface area (Å²) in [6, 6.07) is 2.55. The van der Waals surface area contributed by atoms with Gasteiger partial charge in [0.1, 0.15) is 0 Å². The van der Waals surface area contributed by atoms with Gasteiger partial charge < -0.3 is 0 Å². The second-order valence-corrected chi connectivity index (χ2v) is 25.6. The quantitative estimate of drug-likeness (QED) is 0.384. The Morgan fingerprint density at radius 2 is 1.85 bits per heavy atom. The molecule has 3 rings (SSSR count). The first-order chi connectivity index (χ1) is 12.4. The number of hydrogen-bond acceptors (Lipinski definition) is 4. The summed E-state index contributed by atoms with van der Waals surface area (Å²) in [5.74, 6) is 2.78. The Labute approximate surface area is 170 Å². The Bertz CT molecular complexity index is 727. The maximum absolute atomic E-state index is 5.99. The van der Waals surface area contributed by atoms with Crippen LogP contribution >= 0.6 is 22.7 Å². The Kier molecular flexibility index (Phi) is 7.00. The number of aryl methyl sites for hydroxylation is 1. The molecule has 0 fully saturated rings. The van der Waals surface area contributed by atoms with Crippen LogP contribution in [0.15, 0.2) is 11.4 Å². The average Bonchev–Trinajstić information content (AvgIpc) is 3.22. The zero-order valence-electron chi connectivity index (χ0n) is 16.8. The van der Waals surface area contributed by atoms with Crippen molar-refractivity contribution < 1.29 is 9.47 Å². The van der Waals surface area contributed by atoms with E-state index in [-0.39, 0.29) is 0 Å². The minimum absolute atomic E-state index is 0.664. The first-order valence-electron chi connectivity index (χ1n) is 9.94. The van der Waals surface area contributed by atoms with E-state index < -0.39 is 18.4 Å². The third kappa shape index (κ3) is 4.61. The van der Waals surface area contributed by atoms with Gasteiger partial charge in [-0.05, 0) is 0 Å². The summed E-state index contributed by atoms with van der Waals surface area (Å²) >= 11 is 1.74. The molecule has 0 spiro atoms. The van der Waals surface area contributed by atoms with Crippen molar-refractivity contribution in [3.63, 3.8) is 0 Å². The van der Waals surface area contributed by atoms with Crippen molar-refractivity contribution in [1.82, 2.24) is 0 Å². The maximum atomic E-state index is 5.99. The summed E-state index contributed by atoms with van der Waals surface area (Å²) < 4.78 is 13.5. The average molecular weight is 499 g/mol. The van der Waals surface area contributed by atoms with Crippen LogP contribution in [-0.4, -0.2) is 31.6 Å². The molecule has 0 saturated heterocycles. The van der Waals surface area contributed by atoms with E-state index in [1.165, 1.54) is 41.9 Å². The van der Waals surface area contributed by atoms with E-state index >= 15 is 0 Å². The standard InChI is InChI=1S/C18H23O2S2.3CH3.Sn/c1-3-5-13(4-2)6-7-14-8-11-21-17(14)18-16-15(12-22-18)19-9-10-20-16;;;;/h8,12-13H,3-7,9-10H2,1-2H3;3*1H3;. The van der Waals surface area contributed by atoms with Gasteiger partial charge in [-0.25, -0.2) is 0 Å². The Morgan fingerprint density at radius 3 is 2.54 bits per heavy atom. The third-order valence-electron chi connectivity index (χ3n) is 5.15. The Hall–Kier alpha value is -0.201. The predicted octanol–water partition coefficient (Wildman–Crippen LogP) is 6.55. The fourth-order valence-corrected chi connectivity index (χ4v) is 11.1. The van der Waals surface area contributed by atoms with Gasteiger partial charge in [0.2, 0.25) is 0 Å². The van der Waals surface area contributed by atoms with E-state index in [0.29, 0.717) is 13.2 Å². The van der Waals surface area contributed by atoms with Crippen LogP contribution in [0.4, 0.5) is 0 Å². The van der Waals surface area contributed by atoms with Gasteiger partial charge >= 0.3 is 172 Å². The summed E-state index contributed by atoms with van der Waals surface area (Å²) in [6.45, 7) is 5.98. The molecule has 144 valence electrons. The molecule has 1 atom stereocenters. The van der Waals surface area contributed by atoms with Crippen molar-refractivity contribution in [3.05, 3.63) is 17.0 Å². The SMILES string of the molecule is CCCC(CC)CCc1c[c]([Sn]([CH3])([CH3])[CH3])sc1-c1scc2c1OCCO2. The van der Waals surface area contributed by atoms with Crippen LogP contribution in [0.2, 0.25) is 14.8 Å². The summed E-state index contributed by atoms with van der Waals surface area (Å²) in [5.41, 5.74) is 1.55. The van der Waals surface area contributed by atoms with E-state index in [4.69, 9.17) is 9.47 Å². The van der Waals surface area contributed by atoms with E-state index in [1.807, 2.05) is 11.3 Å². The molecule has 1 unspecified atom stereocenters. The summed E-state index contributed by atoms with van der Waals surface area (Å²) in [7, 11) is 0. The topological polar surface area (TPSA) is 18.5 Å². The van der Waals surface area contributed by atoms with Gasteiger partial charge in [0, 0.05) is 0 Å². The fourth-order valence-electron chi connectivity index (χ4n) is 3.52. The fraction of sp³-hybridized carbons (Fsp3) is 0.619. The van der Waals surface area contributed by atoms with Crippen LogP contribution in [0.5, 0.6) is 11.5 Å². The number of thiophene rings is 2. The van der Waals surface area contributed by atoms with Gasteiger partial charge in [-0.3, -0.25) is 0 Å². The van der Waals surface area contributed by atoms with Crippen molar-refractivity contribution in [2.24, 2.45) is 5.92 Å². The number of hydrogen-bond donors (Lipinski definition) is 0. The van der Waals surface area contributed by atoms with Crippen molar-refractivity contribution in [1.29, 1.82) is 0 Å². The molecule has 1 aliphatic rings. The molecule has 1 aliphatic heterocycles. The molecule has 3 heterocycles. The van der Waals surface area contributed by atoms with Crippen molar-refractivity contribution in [3.8, 4) is 21.3 Å². The molecular weight excluding hydrogens is 467 g/mol. The van der Waals surface area contributed by atoms with Crippen molar-refractivity contribution >= 4 is 43.9 Å². The molecule has 0 saturated carbocycles. The van der Waals surface area contributed by atoms with Gasteiger partial charge in [-0.15, -0.1) is 0 Å². The van der Waals surface area contributed by atoms with Gasteiger partial charge in [0.05, 0.1) is 0 Å². The number of rotatable bonds is 8. The van der Waals surface area contributed by atoms with E-state index in [2.05, 4.69) is 40.1 Å². The van der Waals surface area contributed by atoms with Gasteiger partial charge in [0.15, 0.2) is 0 Å². The zero-order valence-corrected chi connectivity index (χ0v) is 21.3. The predicted molar refractivity (Wildman–Crippen MR) is 119 cm³/mol. The molecule has 0 aliphatic carbocycles. The van der Waals surface area contributed by atoms with Crippen LogP contribution in [-0.2, 0) is 6.42 Å². The van der Waals surface area contributed by atoms with Gasteiger partial charge in [-0.2, -0.15) is 0 Å². The molecule has 0 bridgehead atoms. The molecule has 5 heteroatoms. The zero-order chi connectivity index (χ0) is 18.7. The summed E-state index contributed by atoms with van der Waals surface area (Å²) in [6.07, 6.45) is 6.44. The third-order valence-corrected chi connectivity index (χ3v) is 16.9. The molecule has 0 N–H and O–H groups in total. The second-order valence-electron chi connectivity index (χ2n) is 8.27. The first-order valence-corrected chi connectivity index (χ1v) is 21.6. The molecule has 0 radical (unpaired) electrons. The number of fused-ring (bicyclic) bond motifs is 1. The van der Waals surface area contributed by atoms with Crippen LogP contribution in [0, 0.1) is 5.92 Å². The Morgan fingerprint density at radius 1 is 1.08 bits per heavy atom. The molecule has 2 aromatic heterocycles. The molecule has 2 nitrogen and oxygen atoms in total. The van der Waals surface area contributed by atoms with Gasteiger partial charge in [0.25, 0.3) is 0 Å². The monoisotopic (exact) mass is 500 g/mol. The normalized spacial score (nSPS) is 15.3. The van der Waals surface area contributed by atoms with E-state index in [0.717, 1.165) is 17.4 Å². The molecule has 0 aromatic carbocycles. The summed E-state index contributed by atoms with van der Waals surface area (Å²) in [5, 5.41) is 2.12. The van der Waals surface area contributed by atoms with Crippen molar-refractivity contribution in [2.75, 3.05) is 13.2 Å². The molecular formula is C21H32O2S2Sn. The minimum atomic E-state index is -2.09. The van der Waals surface area contributed by atoms with E-state index in [9.17, 15) is 0 Å². The molecule has 26 heavy (non-hydrogen) atoms. The van der Waals surface area contributed by atoms with E-state index in [1.54, 1.807) is 19.8 Å². The van der Waals surface area contributed by atoms with Crippen LogP contribution in [0.25, 0.3) is 9.75 Å². The van der Waals surface area contributed by atoms with Crippen LogP contribution in [0.1, 0.15) is 45.1 Å². The number of ether oxygens (including phenoxy) is 2.